The molecule has 0 bridgehead atoms. The molecule has 3 aromatic rings. The van der Waals surface area contributed by atoms with Crippen molar-refractivity contribution in [2.45, 2.75) is 0 Å². The van der Waals surface area contributed by atoms with E-state index in [-0.39, 0.29) is 5.84 Å². The van der Waals surface area contributed by atoms with Crippen molar-refractivity contribution in [3.8, 4) is 0 Å². The minimum atomic E-state index is -0.785. The van der Waals surface area contributed by atoms with Gasteiger partial charge in [-0.25, -0.2) is 8.78 Å². The van der Waals surface area contributed by atoms with Crippen LogP contribution in [-0.4, -0.2) is 5.84 Å². The summed E-state index contributed by atoms with van der Waals surface area (Å²) in [6.45, 7) is 0. The number of hydrogen-bond donors (Lipinski definition) is 1. The van der Waals surface area contributed by atoms with Crippen LogP contribution in [-0.2, 0) is 0 Å². The number of nitrogens with one attached hydrogen (secondary N) is 1. The molecule has 0 aliphatic carbocycles. The van der Waals surface area contributed by atoms with Crippen LogP contribution < -0.4 is 5.43 Å². The van der Waals surface area contributed by atoms with Crippen molar-refractivity contribution in [2.75, 3.05) is 5.43 Å². The molecule has 0 unspecified atom stereocenters. The molecule has 0 aromatic heterocycles. The van der Waals surface area contributed by atoms with E-state index in [9.17, 15) is 8.78 Å². The third-order valence-electron chi connectivity index (χ3n) is 3.28. The van der Waals surface area contributed by atoms with E-state index in [1.165, 1.54) is 6.07 Å². The average Bonchev–Trinajstić information content (AvgIpc) is 2.65. The standard InChI is InChI=1S/C19H14F2N4/c20-16-12-7-13-17(21)18(16)23-25-19(14-8-3-1-4-9-14)24-22-15-10-5-2-6-11-15/h1-13,22H. The van der Waals surface area contributed by atoms with Gasteiger partial charge >= 0.3 is 0 Å². The number of para-hydroxylation sites is 1. The van der Waals surface area contributed by atoms with Crippen molar-refractivity contribution in [2.24, 2.45) is 15.3 Å². The van der Waals surface area contributed by atoms with Gasteiger partial charge in [0.2, 0.25) is 5.84 Å². The van der Waals surface area contributed by atoms with E-state index < -0.39 is 17.3 Å². The second kappa shape index (κ2) is 7.92. The molecule has 4 nitrogen and oxygen atoms in total. The van der Waals surface area contributed by atoms with Crippen LogP contribution in [0.5, 0.6) is 0 Å². The number of hydrogen-bond acceptors (Lipinski definition) is 3. The van der Waals surface area contributed by atoms with Crippen molar-refractivity contribution in [3.05, 3.63) is 96.1 Å². The summed E-state index contributed by atoms with van der Waals surface area (Å²) >= 11 is 0. The lowest BCUT2D eigenvalue weighted by Crippen LogP contribution is -2.01. The maximum absolute atomic E-state index is 13.7. The summed E-state index contributed by atoms with van der Waals surface area (Å²) in [5.41, 5.74) is 3.81. The Kier molecular flexibility index (Phi) is 5.21. The van der Waals surface area contributed by atoms with E-state index in [0.717, 1.165) is 17.8 Å². The van der Waals surface area contributed by atoms with Crippen molar-refractivity contribution < 1.29 is 8.78 Å². The zero-order chi connectivity index (χ0) is 17.5. The predicted molar refractivity (Wildman–Crippen MR) is 93.9 cm³/mol. The van der Waals surface area contributed by atoms with Crippen LogP contribution >= 0.6 is 0 Å². The zero-order valence-corrected chi connectivity index (χ0v) is 13.1. The predicted octanol–water partition coefficient (Wildman–Crippen LogP) is 5.52. The summed E-state index contributed by atoms with van der Waals surface area (Å²) < 4.78 is 27.4. The maximum atomic E-state index is 13.7. The van der Waals surface area contributed by atoms with E-state index in [2.05, 4.69) is 20.8 Å². The fraction of sp³-hybridized carbons (Fsp3) is 0. The monoisotopic (exact) mass is 336 g/mol. The Morgan fingerprint density at radius 2 is 1.32 bits per heavy atom. The third kappa shape index (κ3) is 4.32. The molecule has 124 valence electrons. The summed E-state index contributed by atoms with van der Waals surface area (Å²) in [6.07, 6.45) is 0. The summed E-state index contributed by atoms with van der Waals surface area (Å²) in [5, 5.41) is 11.8. The smallest absolute Gasteiger partial charge is 0.201 e. The van der Waals surface area contributed by atoms with Crippen LogP contribution in [0.25, 0.3) is 0 Å². The summed E-state index contributed by atoms with van der Waals surface area (Å²) in [6, 6.07) is 21.8. The number of azo groups is 1. The Balaban J connectivity index is 1.93. The van der Waals surface area contributed by atoms with Crippen LogP contribution in [0.3, 0.4) is 0 Å². The molecule has 0 fully saturated rings. The van der Waals surface area contributed by atoms with Gasteiger partial charge in [-0.05, 0) is 24.3 Å². The van der Waals surface area contributed by atoms with Gasteiger partial charge in [0.25, 0.3) is 0 Å². The molecule has 0 saturated carbocycles. The first kappa shape index (κ1) is 16.4. The van der Waals surface area contributed by atoms with Gasteiger partial charge in [0.1, 0.15) is 0 Å². The Hall–Kier alpha value is -3.41. The quantitative estimate of drug-likeness (QED) is 0.290. The van der Waals surface area contributed by atoms with E-state index >= 15 is 0 Å². The molecule has 0 aliphatic rings. The van der Waals surface area contributed by atoms with Crippen LogP contribution in [0.15, 0.2) is 94.2 Å². The van der Waals surface area contributed by atoms with Gasteiger partial charge in [0, 0.05) is 5.56 Å². The average molecular weight is 336 g/mol. The Morgan fingerprint density at radius 1 is 0.720 bits per heavy atom. The molecule has 6 heteroatoms. The van der Waals surface area contributed by atoms with Crippen LogP contribution in [0, 0.1) is 11.6 Å². The second-order valence-corrected chi connectivity index (χ2v) is 5.05. The molecular weight excluding hydrogens is 322 g/mol. The summed E-state index contributed by atoms with van der Waals surface area (Å²) in [4.78, 5) is 0. The van der Waals surface area contributed by atoms with E-state index in [0.29, 0.717) is 5.56 Å². The molecule has 0 aliphatic heterocycles. The van der Waals surface area contributed by atoms with Crippen LogP contribution in [0.4, 0.5) is 20.2 Å². The highest BCUT2D eigenvalue weighted by molar-refractivity contribution is 5.99. The van der Waals surface area contributed by atoms with Crippen LogP contribution in [0.2, 0.25) is 0 Å². The highest BCUT2D eigenvalue weighted by Crippen LogP contribution is 2.22. The largest absolute Gasteiger partial charge is 0.276 e. The van der Waals surface area contributed by atoms with Crippen molar-refractivity contribution >= 4 is 17.2 Å². The van der Waals surface area contributed by atoms with Gasteiger partial charge in [0.15, 0.2) is 17.3 Å². The third-order valence-corrected chi connectivity index (χ3v) is 3.28. The van der Waals surface area contributed by atoms with Gasteiger partial charge < -0.3 is 0 Å². The number of benzene rings is 3. The first-order valence-electron chi connectivity index (χ1n) is 7.54. The lowest BCUT2D eigenvalue weighted by Gasteiger charge is -2.03. The normalized spacial score (nSPS) is 11.7. The fourth-order valence-corrected chi connectivity index (χ4v) is 2.04. The molecule has 0 atom stereocenters. The molecule has 0 amide bonds. The van der Waals surface area contributed by atoms with Gasteiger partial charge in [-0.3, -0.25) is 5.43 Å². The van der Waals surface area contributed by atoms with Gasteiger partial charge in [-0.15, -0.1) is 10.2 Å². The van der Waals surface area contributed by atoms with Gasteiger partial charge in [-0.2, -0.15) is 5.10 Å². The highest BCUT2D eigenvalue weighted by atomic mass is 19.1. The Morgan fingerprint density at radius 3 is 1.96 bits per heavy atom. The van der Waals surface area contributed by atoms with Crippen LogP contribution in [0.1, 0.15) is 5.56 Å². The first-order chi connectivity index (χ1) is 12.2. The molecule has 0 heterocycles. The molecule has 3 rings (SSSR count). The first-order valence-corrected chi connectivity index (χ1v) is 7.54. The molecule has 1 N–H and O–H groups in total. The number of amidine groups is 1. The van der Waals surface area contributed by atoms with Gasteiger partial charge in [-0.1, -0.05) is 54.6 Å². The Bertz CT molecular complexity index is 874. The maximum Gasteiger partial charge on any atom is 0.201 e. The topological polar surface area (TPSA) is 49.1 Å². The SMILES string of the molecule is Fc1cccc(F)c1N=NC(=NNc1ccccc1)c1ccccc1. The van der Waals surface area contributed by atoms with E-state index in [4.69, 9.17) is 0 Å². The minimum Gasteiger partial charge on any atom is -0.276 e. The molecule has 25 heavy (non-hydrogen) atoms. The summed E-state index contributed by atoms with van der Waals surface area (Å²) in [7, 11) is 0. The second-order valence-electron chi connectivity index (χ2n) is 5.05. The van der Waals surface area contributed by atoms with Crippen molar-refractivity contribution in [1.82, 2.24) is 0 Å². The minimum absolute atomic E-state index is 0.201. The summed E-state index contributed by atoms with van der Waals surface area (Å²) in [5.74, 6) is -1.37. The number of hydrazone groups is 1. The number of rotatable bonds is 4. The van der Waals surface area contributed by atoms with E-state index in [1.807, 2.05) is 48.5 Å². The van der Waals surface area contributed by atoms with E-state index in [1.54, 1.807) is 12.1 Å². The molecular formula is C19H14F2N4. The van der Waals surface area contributed by atoms with Crippen molar-refractivity contribution in [3.63, 3.8) is 0 Å². The lowest BCUT2D eigenvalue weighted by molar-refractivity contribution is 0.585. The number of nitrogens with zero attached hydrogens (tertiary/aromatic N) is 3. The molecule has 0 spiro atoms. The molecule has 3 aromatic carbocycles. The Labute approximate surface area is 143 Å². The molecule has 0 radical (unpaired) electrons. The number of anilines is 1. The fourth-order valence-electron chi connectivity index (χ4n) is 2.04. The zero-order valence-electron chi connectivity index (χ0n) is 13.1. The number of halogens is 2. The highest BCUT2D eigenvalue weighted by Gasteiger charge is 2.08. The lowest BCUT2D eigenvalue weighted by atomic mass is 10.2. The molecule has 0 saturated heterocycles. The van der Waals surface area contributed by atoms with Crippen molar-refractivity contribution in [1.29, 1.82) is 0 Å². The van der Waals surface area contributed by atoms with Gasteiger partial charge in [0.05, 0.1) is 5.69 Å².